The summed E-state index contributed by atoms with van der Waals surface area (Å²) in [6.07, 6.45) is -0.911. The van der Waals surface area contributed by atoms with Crippen LogP contribution in [0.15, 0.2) is 36.4 Å². The van der Waals surface area contributed by atoms with Crippen LogP contribution in [0.4, 0.5) is 10.5 Å². The molecule has 2 amide bonds. The van der Waals surface area contributed by atoms with Crippen LogP contribution in [0.25, 0.3) is 0 Å². The monoisotopic (exact) mass is 361 g/mol. The lowest BCUT2D eigenvalue weighted by Gasteiger charge is -2.13. The molecular weight excluding hydrogens is 350 g/mol. The number of benzene rings is 1. The van der Waals surface area contributed by atoms with Crippen molar-refractivity contribution in [2.24, 2.45) is 0 Å². The van der Waals surface area contributed by atoms with E-state index in [1.54, 1.807) is 36.4 Å². The number of carbonyl (C=O) groups is 2. The second-order valence-electron chi connectivity index (χ2n) is 5.09. The Labute approximate surface area is 147 Å². The van der Waals surface area contributed by atoms with Gasteiger partial charge in [0.2, 0.25) is 0 Å². The van der Waals surface area contributed by atoms with Gasteiger partial charge in [0.05, 0.1) is 33.9 Å². The first kappa shape index (κ1) is 16.3. The van der Waals surface area contributed by atoms with E-state index in [-0.39, 0.29) is 12.5 Å². The normalized spacial score (nSPS) is 16.6. The zero-order chi connectivity index (χ0) is 17.1. The molecule has 1 saturated heterocycles. The van der Waals surface area contributed by atoms with Gasteiger partial charge in [-0.05, 0) is 36.4 Å². The molecule has 1 aromatic carbocycles. The molecule has 2 aromatic rings. The van der Waals surface area contributed by atoms with Crippen molar-refractivity contribution in [1.29, 1.82) is 5.26 Å². The summed E-state index contributed by atoms with van der Waals surface area (Å²) >= 11 is 6.99. The van der Waals surface area contributed by atoms with E-state index in [0.29, 0.717) is 27.0 Å². The van der Waals surface area contributed by atoms with Crippen LogP contribution < -0.4 is 10.2 Å². The molecule has 0 aliphatic carbocycles. The van der Waals surface area contributed by atoms with Crippen LogP contribution in [-0.2, 0) is 4.74 Å². The Morgan fingerprint density at radius 2 is 2.12 bits per heavy atom. The number of ether oxygens (including phenoxy) is 1. The van der Waals surface area contributed by atoms with E-state index in [1.165, 1.54) is 16.2 Å². The van der Waals surface area contributed by atoms with E-state index < -0.39 is 12.2 Å². The molecule has 122 valence electrons. The molecule has 6 nitrogen and oxygen atoms in total. The number of thiophene rings is 1. The van der Waals surface area contributed by atoms with Crippen LogP contribution in [0, 0.1) is 11.3 Å². The van der Waals surface area contributed by atoms with E-state index in [9.17, 15) is 9.59 Å². The predicted molar refractivity (Wildman–Crippen MR) is 90.4 cm³/mol. The summed E-state index contributed by atoms with van der Waals surface area (Å²) < 4.78 is 5.80. The summed E-state index contributed by atoms with van der Waals surface area (Å²) in [7, 11) is 0. The predicted octanol–water partition coefficient (Wildman–Crippen LogP) is 3.03. The molecule has 1 aromatic heterocycles. The van der Waals surface area contributed by atoms with Crippen LogP contribution >= 0.6 is 22.9 Å². The van der Waals surface area contributed by atoms with Crippen molar-refractivity contribution in [3.8, 4) is 6.07 Å². The number of anilines is 1. The molecule has 3 rings (SSSR count). The maximum absolute atomic E-state index is 12.0. The standard InChI is InChI=1S/C16H12ClN3O3S/c17-14-6-5-13(24-14)15(21)19-8-12-9-20(16(22)23-12)11-3-1-10(7-18)2-4-11/h1-6,12H,8-9H2,(H,19,21)/t12-/m0/s1. The number of halogens is 1. The number of rotatable bonds is 4. The van der Waals surface area contributed by atoms with E-state index in [2.05, 4.69) is 5.32 Å². The Kier molecular flexibility index (Phi) is 4.69. The second kappa shape index (κ2) is 6.91. The molecular formula is C16H12ClN3O3S. The summed E-state index contributed by atoms with van der Waals surface area (Å²) in [6, 6.07) is 12.0. The molecule has 0 spiro atoms. The fourth-order valence-electron chi connectivity index (χ4n) is 2.28. The molecule has 0 unspecified atom stereocenters. The van der Waals surface area contributed by atoms with Gasteiger partial charge in [-0.2, -0.15) is 5.26 Å². The maximum Gasteiger partial charge on any atom is 0.414 e. The first-order chi connectivity index (χ1) is 11.6. The Hall–Kier alpha value is -2.56. The number of cyclic esters (lactones) is 1. The van der Waals surface area contributed by atoms with Gasteiger partial charge >= 0.3 is 6.09 Å². The number of carbonyl (C=O) groups excluding carboxylic acids is 2. The molecule has 1 atom stereocenters. The first-order valence-electron chi connectivity index (χ1n) is 7.08. The van der Waals surface area contributed by atoms with Crippen molar-refractivity contribution in [3.05, 3.63) is 51.2 Å². The fraction of sp³-hybridized carbons (Fsp3) is 0.188. The van der Waals surface area contributed by atoms with Crippen molar-refractivity contribution < 1.29 is 14.3 Å². The Bertz CT molecular complexity index is 813. The summed E-state index contributed by atoms with van der Waals surface area (Å²) in [6.45, 7) is 0.545. The van der Waals surface area contributed by atoms with Crippen LogP contribution in [-0.4, -0.2) is 31.2 Å². The minimum absolute atomic E-state index is 0.215. The average molecular weight is 362 g/mol. The molecule has 2 heterocycles. The number of nitrogens with zero attached hydrogens (tertiary/aromatic N) is 2. The van der Waals surface area contributed by atoms with Crippen molar-refractivity contribution in [3.63, 3.8) is 0 Å². The third-order valence-electron chi connectivity index (χ3n) is 3.47. The molecule has 8 heteroatoms. The van der Waals surface area contributed by atoms with Gasteiger partial charge in [0, 0.05) is 5.69 Å². The summed E-state index contributed by atoms with van der Waals surface area (Å²) in [5.74, 6) is -0.250. The highest BCUT2D eigenvalue weighted by atomic mass is 35.5. The van der Waals surface area contributed by atoms with Crippen molar-refractivity contribution in [2.45, 2.75) is 6.10 Å². The molecule has 0 saturated carbocycles. The lowest BCUT2D eigenvalue weighted by Crippen LogP contribution is -2.34. The fourth-order valence-corrected chi connectivity index (χ4v) is 3.24. The lowest BCUT2D eigenvalue weighted by molar-refractivity contribution is 0.0920. The number of nitriles is 1. The maximum atomic E-state index is 12.0. The Balaban J connectivity index is 1.58. The smallest absolute Gasteiger partial charge is 0.414 e. The molecule has 24 heavy (non-hydrogen) atoms. The quantitative estimate of drug-likeness (QED) is 0.907. The Morgan fingerprint density at radius 3 is 2.75 bits per heavy atom. The van der Waals surface area contributed by atoms with E-state index in [0.717, 1.165) is 0 Å². The molecule has 1 N–H and O–H groups in total. The molecule has 0 bridgehead atoms. The van der Waals surface area contributed by atoms with Crippen LogP contribution in [0.1, 0.15) is 15.2 Å². The van der Waals surface area contributed by atoms with Crippen molar-refractivity contribution >= 4 is 40.6 Å². The first-order valence-corrected chi connectivity index (χ1v) is 8.28. The van der Waals surface area contributed by atoms with E-state index in [4.69, 9.17) is 21.6 Å². The minimum Gasteiger partial charge on any atom is -0.442 e. The zero-order valence-electron chi connectivity index (χ0n) is 12.4. The van der Waals surface area contributed by atoms with Gasteiger partial charge < -0.3 is 10.1 Å². The molecule has 1 fully saturated rings. The van der Waals surface area contributed by atoms with Crippen molar-refractivity contribution in [1.82, 2.24) is 5.32 Å². The largest absolute Gasteiger partial charge is 0.442 e. The van der Waals surface area contributed by atoms with Gasteiger partial charge in [-0.15, -0.1) is 11.3 Å². The number of hydrogen-bond donors (Lipinski definition) is 1. The zero-order valence-corrected chi connectivity index (χ0v) is 13.9. The highest BCUT2D eigenvalue weighted by Crippen LogP contribution is 2.23. The minimum atomic E-state index is -0.474. The number of amides is 2. The summed E-state index contributed by atoms with van der Waals surface area (Å²) in [4.78, 5) is 25.9. The van der Waals surface area contributed by atoms with E-state index in [1.807, 2.05) is 6.07 Å². The Morgan fingerprint density at radius 1 is 1.38 bits per heavy atom. The van der Waals surface area contributed by atoms with Crippen LogP contribution in [0.2, 0.25) is 4.34 Å². The highest BCUT2D eigenvalue weighted by molar-refractivity contribution is 7.17. The van der Waals surface area contributed by atoms with Crippen molar-refractivity contribution in [2.75, 3.05) is 18.0 Å². The van der Waals surface area contributed by atoms with Gasteiger partial charge in [0.15, 0.2) is 0 Å². The van der Waals surface area contributed by atoms with Gasteiger partial charge in [0.25, 0.3) is 5.91 Å². The summed E-state index contributed by atoms with van der Waals surface area (Å²) in [5, 5.41) is 11.5. The van der Waals surface area contributed by atoms with Crippen LogP contribution in [0.3, 0.4) is 0 Å². The highest BCUT2D eigenvalue weighted by Gasteiger charge is 2.32. The van der Waals surface area contributed by atoms with Gasteiger partial charge in [-0.25, -0.2) is 4.79 Å². The van der Waals surface area contributed by atoms with Gasteiger partial charge in [0.1, 0.15) is 6.10 Å². The lowest BCUT2D eigenvalue weighted by atomic mass is 10.2. The molecule has 1 aliphatic rings. The average Bonchev–Trinajstić information content (AvgIpc) is 3.18. The number of nitrogens with one attached hydrogen (secondary N) is 1. The van der Waals surface area contributed by atoms with Gasteiger partial charge in [-0.3, -0.25) is 9.69 Å². The second-order valence-corrected chi connectivity index (χ2v) is 6.80. The molecule has 1 aliphatic heterocycles. The van der Waals surface area contributed by atoms with Crippen LogP contribution in [0.5, 0.6) is 0 Å². The number of hydrogen-bond acceptors (Lipinski definition) is 5. The summed E-state index contributed by atoms with van der Waals surface area (Å²) in [5.41, 5.74) is 1.17. The van der Waals surface area contributed by atoms with E-state index >= 15 is 0 Å². The molecule has 0 radical (unpaired) electrons. The topological polar surface area (TPSA) is 82.4 Å². The third-order valence-corrected chi connectivity index (χ3v) is 4.70. The third kappa shape index (κ3) is 3.50. The van der Waals surface area contributed by atoms with Gasteiger partial charge in [-0.1, -0.05) is 11.6 Å². The SMILES string of the molecule is N#Cc1ccc(N2C[C@H](CNC(=O)c3ccc(Cl)s3)OC2=O)cc1.